The van der Waals surface area contributed by atoms with E-state index in [9.17, 15) is 9.59 Å². The zero-order chi connectivity index (χ0) is 17.7. The van der Waals surface area contributed by atoms with Crippen molar-refractivity contribution < 1.29 is 14.3 Å². The molecule has 0 unspecified atom stereocenters. The molecule has 5 heteroatoms. The van der Waals surface area contributed by atoms with Crippen molar-refractivity contribution in [2.75, 3.05) is 0 Å². The summed E-state index contributed by atoms with van der Waals surface area (Å²) in [5, 5.41) is 2.84. The van der Waals surface area contributed by atoms with Gasteiger partial charge in [-0.2, -0.15) is 0 Å². The number of aromatic nitrogens is 1. The molecule has 0 spiro atoms. The molecular weight excluding hydrogens is 304 g/mol. The number of benzene rings is 1. The first-order valence-electron chi connectivity index (χ1n) is 7.94. The van der Waals surface area contributed by atoms with E-state index >= 15 is 0 Å². The maximum atomic E-state index is 12.1. The van der Waals surface area contributed by atoms with E-state index in [-0.39, 0.29) is 17.3 Å². The van der Waals surface area contributed by atoms with Gasteiger partial charge in [-0.3, -0.25) is 9.59 Å². The van der Waals surface area contributed by atoms with Gasteiger partial charge in [0.1, 0.15) is 5.69 Å². The first kappa shape index (κ1) is 17.9. The lowest BCUT2D eigenvalue weighted by Crippen LogP contribution is -2.23. The van der Waals surface area contributed by atoms with Gasteiger partial charge in [0.2, 0.25) is 0 Å². The number of amides is 1. The van der Waals surface area contributed by atoms with E-state index in [1.54, 1.807) is 12.3 Å². The standard InChI is InChI=1S/C19H24N2O3/c1-13(22)16-9-17(20-11-16)18(23)21-10-14-6-5-7-15(8-14)12-24-19(2,3)4/h5-9,11,20H,10,12H2,1-4H3,(H,21,23). The van der Waals surface area contributed by atoms with Gasteiger partial charge in [-0.15, -0.1) is 0 Å². The largest absolute Gasteiger partial charge is 0.371 e. The second-order valence-corrected chi connectivity index (χ2v) is 6.76. The lowest BCUT2D eigenvalue weighted by atomic mass is 10.1. The third-order valence-electron chi connectivity index (χ3n) is 3.45. The Morgan fingerprint density at radius 2 is 1.88 bits per heavy atom. The Bertz CT molecular complexity index is 726. The zero-order valence-corrected chi connectivity index (χ0v) is 14.6. The Hall–Kier alpha value is -2.40. The Kier molecular flexibility index (Phi) is 5.57. The Morgan fingerprint density at radius 1 is 1.17 bits per heavy atom. The molecule has 128 valence electrons. The Morgan fingerprint density at radius 3 is 2.50 bits per heavy atom. The van der Waals surface area contributed by atoms with Gasteiger partial charge in [-0.25, -0.2) is 0 Å². The Labute approximate surface area is 142 Å². The molecule has 0 saturated heterocycles. The molecule has 0 radical (unpaired) electrons. The molecule has 24 heavy (non-hydrogen) atoms. The van der Waals surface area contributed by atoms with E-state index in [0.717, 1.165) is 11.1 Å². The van der Waals surface area contributed by atoms with Crippen LogP contribution in [-0.4, -0.2) is 22.3 Å². The summed E-state index contributed by atoms with van der Waals surface area (Å²) in [7, 11) is 0. The summed E-state index contributed by atoms with van der Waals surface area (Å²) in [6, 6.07) is 9.48. The molecule has 1 heterocycles. The van der Waals surface area contributed by atoms with E-state index < -0.39 is 0 Å². The SMILES string of the molecule is CC(=O)c1c[nH]c(C(=O)NCc2cccc(COC(C)(C)C)c2)c1. The number of ether oxygens (including phenoxy) is 1. The predicted molar refractivity (Wildman–Crippen MR) is 93.0 cm³/mol. The van der Waals surface area contributed by atoms with Gasteiger partial charge >= 0.3 is 0 Å². The number of rotatable bonds is 6. The molecule has 2 N–H and O–H groups in total. The highest BCUT2D eigenvalue weighted by molar-refractivity contribution is 5.99. The summed E-state index contributed by atoms with van der Waals surface area (Å²) < 4.78 is 5.77. The first-order valence-corrected chi connectivity index (χ1v) is 7.94. The van der Waals surface area contributed by atoms with Crippen molar-refractivity contribution in [3.05, 3.63) is 58.9 Å². The van der Waals surface area contributed by atoms with Crippen LogP contribution in [0.3, 0.4) is 0 Å². The second-order valence-electron chi connectivity index (χ2n) is 6.76. The molecule has 1 aromatic carbocycles. The highest BCUT2D eigenvalue weighted by Gasteiger charge is 2.12. The number of carbonyl (C=O) groups is 2. The second kappa shape index (κ2) is 7.45. The molecule has 0 bridgehead atoms. The predicted octanol–water partition coefficient (Wildman–Crippen LogP) is 3.46. The van der Waals surface area contributed by atoms with Gasteiger partial charge < -0.3 is 15.0 Å². The van der Waals surface area contributed by atoms with Crippen LogP contribution in [0.25, 0.3) is 0 Å². The van der Waals surface area contributed by atoms with Crippen molar-refractivity contribution in [1.82, 2.24) is 10.3 Å². The fourth-order valence-electron chi connectivity index (χ4n) is 2.14. The van der Waals surface area contributed by atoms with Crippen molar-refractivity contribution in [2.45, 2.75) is 46.4 Å². The number of hydrogen-bond acceptors (Lipinski definition) is 3. The summed E-state index contributed by atoms with van der Waals surface area (Å²) in [6.07, 6.45) is 1.54. The average molecular weight is 328 g/mol. The van der Waals surface area contributed by atoms with Crippen LogP contribution in [0.4, 0.5) is 0 Å². The van der Waals surface area contributed by atoms with E-state index in [2.05, 4.69) is 10.3 Å². The molecular formula is C19H24N2O3. The van der Waals surface area contributed by atoms with Gasteiger partial charge in [0.25, 0.3) is 5.91 Å². The lowest BCUT2D eigenvalue weighted by molar-refractivity contribution is -0.0149. The van der Waals surface area contributed by atoms with Crippen LogP contribution in [0.15, 0.2) is 36.5 Å². The molecule has 0 atom stereocenters. The van der Waals surface area contributed by atoms with E-state index in [1.807, 2.05) is 45.0 Å². The fourth-order valence-corrected chi connectivity index (χ4v) is 2.14. The maximum Gasteiger partial charge on any atom is 0.267 e. The van der Waals surface area contributed by atoms with Crippen LogP contribution in [-0.2, 0) is 17.9 Å². The van der Waals surface area contributed by atoms with Crippen molar-refractivity contribution >= 4 is 11.7 Å². The van der Waals surface area contributed by atoms with Crippen LogP contribution < -0.4 is 5.32 Å². The number of hydrogen-bond donors (Lipinski definition) is 2. The number of ketones is 1. The van der Waals surface area contributed by atoms with Crippen LogP contribution in [0.2, 0.25) is 0 Å². The summed E-state index contributed by atoms with van der Waals surface area (Å²) in [5.41, 5.74) is 2.76. The minimum Gasteiger partial charge on any atom is -0.371 e. The van der Waals surface area contributed by atoms with Crippen LogP contribution in [0.5, 0.6) is 0 Å². The first-order chi connectivity index (χ1) is 11.2. The Balaban J connectivity index is 1.93. The van der Waals surface area contributed by atoms with Crippen molar-refractivity contribution in [1.29, 1.82) is 0 Å². The molecule has 0 aliphatic rings. The third kappa shape index (κ3) is 5.35. The van der Waals surface area contributed by atoms with Gasteiger partial charge in [-0.05, 0) is 44.9 Å². The van der Waals surface area contributed by atoms with Crippen LogP contribution in [0, 0.1) is 0 Å². The summed E-state index contributed by atoms with van der Waals surface area (Å²) >= 11 is 0. The van der Waals surface area contributed by atoms with E-state index in [0.29, 0.717) is 24.4 Å². The molecule has 2 rings (SSSR count). The molecule has 0 aliphatic heterocycles. The summed E-state index contributed by atoms with van der Waals surface area (Å²) in [5.74, 6) is -0.310. The molecule has 0 fully saturated rings. The zero-order valence-electron chi connectivity index (χ0n) is 14.6. The highest BCUT2D eigenvalue weighted by atomic mass is 16.5. The number of carbonyl (C=O) groups excluding carboxylic acids is 2. The van der Waals surface area contributed by atoms with Gasteiger partial charge in [0.05, 0.1) is 12.2 Å². The van der Waals surface area contributed by atoms with Gasteiger partial charge in [-0.1, -0.05) is 24.3 Å². The minimum atomic E-state index is -0.237. The molecule has 1 aromatic heterocycles. The third-order valence-corrected chi connectivity index (χ3v) is 3.45. The topological polar surface area (TPSA) is 71.2 Å². The number of H-pyrrole nitrogens is 1. The average Bonchev–Trinajstić information content (AvgIpc) is 3.01. The monoisotopic (exact) mass is 328 g/mol. The van der Waals surface area contributed by atoms with Crippen LogP contribution in [0.1, 0.15) is 59.7 Å². The molecule has 0 saturated carbocycles. The molecule has 1 amide bonds. The van der Waals surface area contributed by atoms with E-state index in [4.69, 9.17) is 4.74 Å². The van der Waals surface area contributed by atoms with Gasteiger partial charge in [0.15, 0.2) is 5.78 Å². The van der Waals surface area contributed by atoms with E-state index in [1.165, 1.54) is 6.92 Å². The van der Waals surface area contributed by atoms with Crippen LogP contribution >= 0.6 is 0 Å². The molecule has 5 nitrogen and oxygen atoms in total. The summed E-state index contributed by atoms with van der Waals surface area (Å²) in [4.78, 5) is 26.2. The van der Waals surface area contributed by atoms with Crippen molar-refractivity contribution in [3.63, 3.8) is 0 Å². The fraction of sp³-hybridized carbons (Fsp3) is 0.368. The van der Waals surface area contributed by atoms with Gasteiger partial charge in [0, 0.05) is 18.3 Å². The number of aromatic amines is 1. The summed E-state index contributed by atoms with van der Waals surface area (Å²) in [6.45, 7) is 8.46. The highest BCUT2D eigenvalue weighted by Crippen LogP contribution is 2.13. The lowest BCUT2D eigenvalue weighted by Gasteiger charge is -2.19. The molecule has 2 aromatic rings. The normalized spacial score (nSPS) is 11.3. The number of nitrogens with one attached hydrogen (secondary N) is 2. The quantitative estimate of drug-likeness (QED) is 0.798. The number of Topliss-reactive ketones (excluding diaryl/α,β-unsaturated/α-hetero) is 1. The van der Waals surface area contributed by atoms with Crippen molar-refractivity contribution in [3.8, 4) is 0 Å². The maximum absolute atomic E-state index is 12.1. The smallest absolute Gasteiger partial charge is 0.267 e. The molecule has 0 aliphatic carbocycles. The minimum absolute atomic E-state index is 0.0724. The van der Waals surface area contributed by atoms with Crippen molar-refractivity contribution in [2.24, 2.45) is 0 Å².